The Morgan fingerprint density at radius 3 is 2.36 bits per heavy atom. The number of ether oxygens (including phenoxy) is 2. The number of hydrogen-bond acceptors (Lipinski definition) is 5. The fourth-order valence-electron chi connectivity index (χ4n) is 4.27. The molecule has 3 aromatic carbocycles. The van der Waals surface area contributed by atoms with E-state index in [1.165, 1.54) is 12.1 Å². The average molecular weight is 631 g/mol. The molecular formula is C31H30ClF3N4O5. The predicted octanol–water partition coefficient (Wildman–Crippen LogP) is 6.96. The Morgan fingerprint density at radius 1 is 0.932 bits per heavy atom. The maximum absolute atomic E-state index is 13.3. The maximum atomic E-state index is 13.3. The molecule has 0 aliphatic rings. The third kappa shape index (κ3) is 8.29. The van der Waals surface area contributed by atoms with Crippen LogP contribution in [0.5, 0.6) is 5.75 Å². The maximum Gasteiger partial charge on any atom is 0.573 e. The van der Waals surface area contributed by atoms with Crippen LogP contribution in [-0.2, 0) is 22.8 Å². The van der Waals surface area contributed by atoms with Gasteiger partial charge in [-0.3, -0.25) is 14.4 Å². The van der Waals surface area contributed by atoms with Gasteiger partial charge < -0.3 is 30.0 Å². The highest BCUT2D eigenvalue weighted by molar-refractivity contribution is 6.34. The molecule has 1 aromatic heterocycles. The Hall–Kier alpha value is -4.55. The summed E-state index contributed by atoms with van der Waals surface area (Å²) in [6.07, 6.45) is -4.88. The summed E-state index contributed by atoms with van der Waals surface area (Å²) >= 11 is 6.31. The van der Waals surface area contributed by atoms with Gasteiger partial charge in [-0.15, -0.1) is 13.2 Å². The van der Waals surface area contributed by atoms with Crippen LogP contribution in [0.2, 0.25) is 5.02 Å². The number of fused-ring (bicyclic) bond motifs is 1. The molecule has 9 nitrogen and oxygen atoms in total. The summed E-state index contributed by atoms with van der Waals surface area (Å²) < 4.78 is 49.0. The minimum absolute atomic E-state index is 0.0292. The fraction of sp³-hybridized carbons (Fsp3) is 0.258. The first-order valence-electron chi connectivity index (χ1n) is 13.6. The number of benzene rings is 3. The van der Waals surface area contributed by atoms with Gasteiger partial charge in [-0.25, -0.2) is 0 Å². The van der Waals surface area contributed by atoms with E-state index in [2.05, 4.69) is 20.7 Å². The molecule has 1 heterocycles. The Balaban J connectivity index is 1.56. The first-order chi connectivity index (χ1) is 20.8. The molecule has 0 aliphatic carbocycles. The van der Waals surface area contributed by atoms with Crippen LogP contribution >= 0.6 is 11.6 Å². The minimum Gasteiger partial charge on any atom is -0.406 e. The van der Waals surface area contributed by atoms with Gasteiger partial charge in [0.1, 0.15) is 18.2 Å². The third-order valence-corrected chi connectivity index (χ3v) is 6.74. The predicted molar refractivity (Wildman–Crippen MR) is 161 cm³/mol. The van der Waals surface area contributed by atoms with Crippen LogP contribution in [0.25, 0.3) is 10.9 Å². The van der Waals surface area contributed by atoms with E-state index in [4.69, 9.17) is 16.3 Å². The molecule has 0 fully saturated rings. The second-order valence-electron chi connectivity index (χ2n) is 10.0. The van der Waals surface area contributed by atoms with Crippen LogP contribution < -0.4 is 20.7 Å². The van der Waals surface area contributed by atoms with Crippen molar-refractivity contribution >= 4 is 51.6 Å². The third-order valence-electron chi connectivity index (χ3n) is 6.41. The number of halogens is 4. The standard InChI is InChI=1S/C31H30ClF3N4O5/c1-4-43-17-39-26-11-9-22(37-29(41)24-12-19(8-10-25(24)32)16-36-28(40)18(2)3)13-20(26)14-27(39)30(42)38-21-6-5-7-23(15-21)44-31(33,34)35/h5-15,18H,4,16-17H2,1-3H3,(H,36,40)(H,37,41)(H,38,42). The second-order valence-corrected chi connectivity index (χ2v) is 10.4. The van der Waals surface area contributed by atoms with Crippen molar-refractivity contribution in [2.24, 2.45) is 5.92 Å². The molecule has 0 unspecified atom stereocenters. The van der Waals surface area contributed by atoms with Crippen molar-refractivity contribution in [2.45, 2.75) is 40.4 Å². The van der Waals surface area contributed by atoms with Gasteiger partial charge in [0.05, 0.1) is 16.1 Å². The zero-order chi connectivity index (χ0) is 32.0. The van der Waals surface area contributed by atoms with Crippen molar-refractivity contribution in [3.05, 3.63) is 88.6 Å². The summed E-state index contributed by atoms with van der Waals surface area (Å²) in [4.78, 5) is 38.3. The summed E-state index contributed by atoms with van der Waals surface area (Å²) in [6.45, 7) is 5.99. The van der Waals surface area contributed by atoms with E-state index >= 15 is 0 Å². The largest absolute Gasteiger partial charge is 0.573 e. The first kappa shape index (κ1) is 32.4. The van der Waals surface area contributed by atoms with Crippen LogP contribution in [0.1, 0.15) is 47.2 Å². The molecule has 0 saturated heterocycles. The number of nitrogens with one attached hydrogen (secondary N) is 3. The van der Waals surface area contributed by atoms with Crippen molar-refractivity contribution < 1.29 is 37.0 Å². The van der Waals surface area contributed by atoms with Gasteiger partial charge in [0, 0.05) is 41.9 Å². The number of amides is 3. The highest BCUT2D eigenvalue weighted by atomic mass is 35.5. The Labute approximate surface area is 256 Å². The summed E-state index contributed by atoms with van der Waals surface area (Å²) in [6, 6.07) is 16.5. The van der Waals surface area contributed by atoms with Crippen molar-refractivity contribution in [1.82, 2.24) is 9.88 Å². The van der Waals surface area contributed by atoms with Gasteiger partial charge >= 0.3 is 6.36 Å². The number of nitrogens with zero attached hydrogens (tertiary/aromatic N) is 1. The quantitative estimate of drug-likeness (QED) is 0.166. The van der Waals surface area contributed by atoms with Gasteiger partial charge in [-0.2, -0.15) is 0 Å². The van der Waals surface area contributed by atoms with E-state index in [0.717, 1.165) is 12.1 Å². The zero-order valence-corrected chi connectivity index (χ0v) is 24.8. The van der Waals surface area contributed by atoms with Crippen LogP contribution in [0.4, 0.5) is 24.5 Å². The molecule has 4 aromatic rings. The SMILES string of the molecule is CCOCn1c(C(=O)Nc2cccc(OC(F)(F)F)c2)cc2cc(NC(=O)c3cc(CNC(=O)C(C)C)ccc3Cl)ccc21. The van der Waals surface area contributed by atoms with Gasteiger partial charge in [0.15, 0.2) is 0 Å². The number of carbonyl (C=O) groups excluding carboxylic acids is 3. The molecule has 232 valence electrons. The van der Waals surface area contributed by atoms with Gasteiger partial charge in [-0.1, -0.05) is 37.6 Å². The van der Waals surface area contributed by atoms with Gasteiger partial charge in [0.25, 0.3) is 11.8 Å². The van der Waals surface area contributed by atoms with Crippen LogP contribution in [0, 0.1) is 5.92 Å². The van der Waals surface area contributed by atoms with Crippen molar-refractivity contribution in [2.75, 3.05) is 17.2 Å². The molecule has 4 rings (SSSR count). The number of aromatic nitrogens is 1. The summed E-state index contributed by atoms with van der Waals surface area (Å²) in [5.74, 6) is -1.84. The lowest BCUT2D eigenvalue weighted by Gasteiger charge is -2.13. The van der Waals surface area contributed by atoms with Crippen molar-refractivity contribution in [1.29, 1.82) is 0 Å². The van der Waals surface area contributed by atoms with E-state index in [9.17, 15) is 27.6 Å². The normalized spacial score (nSPS) is 11.5. The zero-order valence-electron chi connectivity index (χ0n) is 24.0. The molecule has 0 bridgehead atoms. The Kier molecular flexibility index (Phi) is 10.2. The molecule has 0 spiro atoms. The smallest absolute Gasteiger partial charge is 0.406 e. The van der Waals surface area contributed by atoms with E-state index in [-0.39, 0.29) is 47.1 Å². The van der Waals surface area contributed by atoms with Crippen molar-refractivity contribution in [3.8, 4) is 5.75 Å². The number of hydrogen-bond donors (Lipinski definition) is 3. The van der Waals surface area contributed by atoms with Crippen LogP contribution in [0.3, 0.4) is 0 Å². The molecule has 44 heavy (non-hydrogen) atoms. The number of carbonyl (C=O) groups is 3. The molecule has 3 amide bonds. The van der Waals surface area contributed by atoms with Crippen LogP contribution in [0.15, 0.2) is 66.7 Å². The number of alkyl halides is 3. The monoisotopic (exact) mass is 630 g/mol. The molecule has 0 saturated carbocycles. The first-order valence-corrected chi connectivity index (χ1v) is 14.0. The van der Waals surface area contributed by atoms with E-state index < -0.39 is 23.9 Å². The lowest BCUT2D eigenvalue weighted by molar-refractivity contribution is -0.274. The summed E-state index contributed by atoms with van der Waals surface area (Å²) in [7, 11) is 0. The minimum atomic E-state index is -4.88. The van der Waals surface area contributed by atoms with E-state index in [0.29, 0.717) is 28.8 Å². The topological polar surface area (TPSA) is 111 Å². The Morgan fingerprint density at radius 2 is 1.66 bits per heavy atom. The van der Waals surface area contributed by atoms with E-state index in [1.807, 2.05) is 0 Å². The lowest BCUT2D eigenvalue weighted by Crippen LogP contribution is -2.27. The number of rotatable bonds is 11. The summed E-state index contributed by atoms with van der Waals surface area (Å²) in [5, 5.41) is 9.03. The lowest BCUT2D eigenvalue weighted by atomic mass is 10.1. The van der Waals surface area contributed by atoms with Crippen molar-refractivity contribution in [3.63, 3.8) is 0 Å². The summed E-state index contributed by atoms with van der Waals surface area (Å²) in [5.41, 5.74) is 2.24. The molecule has 13 heteroatoms. The fourth-order valence-corrected chi connectivity index (χ4v) is 4.48. The highest BCUT2D eigenvalue weighted by Gasteiger charge is 2.31. The number of anilines is 2. The van der Waals surface area contributed by atoms with Crippen LogP contribution in [-0.4, -0.2) is 35.3 Å². The Bertz CT molecular complexity index is 1690. The highest BCUT2D eigenvalue weighted by Crippen LogP contribution is 2.28. The second kappa shape index (κ2) is 13.8. The van der Waals surface area contributed by atoms with E-state index in [1.54, 1.807) is 67.8 Å². The van der Waals surface area contributed by atoms with Gasteiger partial charge in [-0.05, 0) is 61.0 Å². The molecular weight excluding hydrogens is 601 g/mol. The van der Waals surface area contributed by atoms with Gasteiger partial charge in [0.2, 0.25) is 5.91 Å². The average Bonchev–Trinajstić information content (AvgIpc) is 3.32. The molecule has 3 N–H and O–H groups in total. The molecule has 0 radical (unpaired) electrons. The molecule has 0 atom stereocenters. The molecule has 0 aliphatic heterocycles.